The number of halogens is 1. The first kappa shape index (κ1) is 22.2. The zero-order valence-electron chi connectivity index (χ0n) is 18.0. The molecule has 2 amide bonds. The van der Waals surface area contributed by atoms with E-state index in [1.165, 1.54) is 0 Å². The SMILES string of the molecule is CCOc1ccccc1CNC(=O)C1CCC2O/C(=C/c3ccccc3Cl)C(=O)NC2C1. The van der Waals surface area contributed by atoms with Gasteiger partial charge in [-0.05, 0) is 50.0 Å². The van der Waals surface area contributed by atoms with Gasteiger partial charge in [-0.2, -0.15) is 0 Å². The second kappa shape index (κ2) is 10.1. The summed E-state index contributed by atoms with van der Waals surface area (Å²) in [5, 5.41) is 6.60. The molecule has 32 heavy (non-hydrogen) atoms. The number of nitrogens with one attached hydrogen (secondary N) is 2. The van der Waals surface area contributed by atoms with Crippen LogP contribution in [0, 0.1) is 5.92 Å². The van der Waals surface area contributed by atoms with Crippen LogP contribution in [0.25, 0.3) is 6.08 Å². The van der Waals surface area contributed by atoms with Crippen molar-refractivity contribution >= 4 is 29.5 Å². The third kappa shape index (κ3) is 5.07. The molecule has 1 saturated heterocycles. The Balaban J connectivity index is 1.35. The number of carbonyl (C=O) groups excluding carboxylic acids is 2. The Morgan fingerprint density at radius 1 is 1.22 bits per heavy atom. The van der Waals surface area contributed by atoms with Gasteiger partial charge in [-0.1, -0.05) is 48.0 Å². The van der Waals surface area contributed by atoms with Crippen molar-refractivity contribution < 1.29 is 19.1 Å². The second-order valence-corrected chi connectivity index (χ2v) is 8.44. The van der Waals surface area contributed by atoms with Crippen molar-refractivity contribution in [1.29, 1.82) is 0 Å². The lowest BCUT2D eigenvalue weighted by Crippen LogP contribution is -2.54. The number of hydrogen-bond acceptors (Lipinski definition) is 4. The van der Waals surface area contributed by atoms with Crippen LogP contribution >= 0.6 is 11.6 Å². The zero-order valence-corrected chi connectivity index (χ0v) is 18.7. The topological polar surface area (TPSA) is 76.7 Å². The van der Waals surface area contributed by atoms with Crippen molar-refractivity contribution in [3.63, 3.8) is 0 Å². The molecule has 2 aromatic rings. The molecular weight excluding hydrogens is 428 g/mol. The van der Waals surface area contributed by atoms with Crippen molar-refractivity contribution in [2.24, 2.45) is 5.92 Å². The summed E-state index contributed by atoms with van der Waals surface area (Å²) in [6.07, 6.45) is 3.47. The molecule has 0 radical (unpaired) electrons. The Bertz CT molecular complexity index is 1020. The molecule has 2 fully saturated rings. The molecule has 1 aliphatic carbocycles. The van der Waals surface area contributed by atoms with Crippen molar-refractivity contribution in [2.45, 2.75) is 44.9 Å². The van der Waals surface area contributed by atoms with Crippen LogP contribution in [0.4, 0.5) is 0 Å². The number of carbonyl (C=O) groups is 2. The zero-order chi connectivity index (χ0) is 22.5. The summed E-state index contributed by atoms with van der Waals surface area (Å²) in [5.74, 6) is 0.576. The summed E-state index contributed by atoms with van der Waals surface area (Å²) in [4.78, 5) is 25.4. The molecule has 1 aliphatic heterocycles. The van der Waals surface area contributed by atoms with Gasteiger partial charge in [0, 0.05) is 23.0 Å². The molecule has 1 heterocycles. The van der Waals surface area contributed by atoms with Gasteiger partial charge in [0.2, 0.25) is 5.91 Å². The van der Waals surface area contributed by atoms with E-state index in [1.54, 1.807) is 12.1 Å². The van der Waals surface area contributed by atoms with Crippen LogP contribution in [-0.4, -0.2) is 30.6 Å². The van der Waals surface area contributed by atoms with Crippen molar-refractivity contribution in [2.75, 3.05) is 6.61 Å². The summed E-state index contributed by atoms with van der Waals surface area (Å²) in [6.45, 7) is 2.92. The van der Waals surface area contributed by atoms with Gasteiger partial charge < -0.3 is 20.1 Å². The first-order valence-electron chi connectivity index (χ1n) is 11.0. The van der Waals surface area contributed by atoms with E-state index in [2.05, 4.69) is 10.6 Å². The van der Waals surface area contributed by atoms with Crippen LogP contribution in [0.1, 0.15) is 37.3 Å². The molecule has 4 rings (SSSR count). The van der Waals surface area contributed by atoms with E-state index in [1.807, 2.05) is 49.4 Å². The number of morpholine rings is 1. The largest absolute Gasteiger partial charge is 0.494 e. The molecule has 3 atom stereocenters. The highest BCUT2D eigenvalue weighted by molar-refractivity contribution is 6.32. The number of rotatable bonds is 6. The number of hydrogen-bond donors (Lipinski definition) is 2. The van der Waals surface area contributed by atoms with Gasteiger partial charge in [0.25, 0.3) is 5.91 Å². The lowest BCUT2D eigenvalue weighted by atomic mass is 9.82. The molecular formula is C25H27ClN2O4. The molecule has 0 spiro atoms. The van der Waals surface area contributed by atoms with Gasteiger partial charge >= 0.3 is 0 Å². The Morgan fingerprint density at radius 2 is 2.00 bits per heavy atom. The number of fused-ring (bicyclic) bond motifs is 1. The highest BCUT2D eigenvalue weighted by Crippen LogP contribution is 2.32. The normalized spacial score (nSPS) is 23.6. The van der Waals surface area contributed by atoms with Crippen molar-refractivity contribution in [3.8, 4) is 5.75 Å². The molecule has 2 aromatic carbocycles. The van der Waals surface area contributed by atoms with Gasteiger partial charge in [-0.15, -0.1) is 0 Å². The summed E-state index contributed by atoms with van der Waals surface area (Å²) in [7, 11) is 0. The Labute approximate surface area is 192 Å². The van der Waals surface area contributed by atoms with Crippen LogP contribution in [-0.2, 0) is 20.9 Å². The van der Waals surface area contributed by atoms with E-state index in [9.17, 15) is 9.59 Å². The van der Waals surface area contributed by atoms with E-state index in [4.69, 9.17) is 21.1 Å². The maximum Gasteiger partial charge on any atom is 0.286 e. The Hall–Kier alpha value is -2.99. The lowest BCUT2D eigenvalue weighted by molar-refractivity contribution is -0.134. The first-order chi connectivity index (χ1) is 15.5. The molecule has 0 bridgehead atoms. The van der Waals surface area contributed by atoms with Crippen LogP contribution in [0.3, 0.4) is 0 Å². The number of amides is 2. The highest BCUT2D eigenvalue weighted by atomic mass is 35.5. The predicted octanol–water partition coefficient (Wildman–Crippen LogP) is 4.08. The first-order valence-corrected chi connectivity index (χ1v) is 11.3. The number of benzene rings is 2. The lowest BCUT2D eigenvalue weighted by Gasteiger charge is -2.39. The van der Waals surface area contributed by atoms with Crippen molar-refractivity contribution in [1.82, 2.24) is 10.6 Å². The van der Waals surface area contributed by atoms with Crippen LogP contribution in [0.5, 0.6) is 5.75 Å². The smallest absolute Gasteiger partial charge is 0.286 e. The van der Waals surface area contributed by atoms with Gasteiger partial charge in [0.15, 0.2) is 5.76 Å². The number of ether oxygens (including phenoxy) is 2. The maximum absolute atomic E-state index is 12.8. The van der Waals surface area contributed by atoms with E-state index in [-0.39, 0.29) is 35.6 Å². The van der Waals surface area contributed by atoms with Crippen LogP contribution < -0.4 is 15.4 Å². The molecule has 3 unspecified atom stereocenters. The van der Waals surface area contributed by atoms with Gasteiger partial charge in [0.1, 0.15) is 11.9 Å². The fourth-order valence-electron chi connectivity index (χ4n) is 4.24. The molecule has 1 saturated carbocycles. The second-order valence-electron chi connectivity index (χ2n) is 8.03. The van der Waals surface area contributed by atoms with Crippen molar-refractivity contribution in [3.05, 3.63) is 70.4 Å². The molecule has 7 heteroatoms. The average Bonchev–Trinajstić information content (AvgIpc) is 2.80. The minimum Gasteiger partial charge on any atom is -0.494 e. The Morgan fingerprint density at radius 3 is 2.81 bits per heavy atom. The quantitative estimate of drug-likeness (QED) is 0.645. The van der Waals surface area contributed by atoms with E-state index in [0.717, 1.165) is 16.9 Å². The third-order valence-corrected chi connectivity index (χ3v) is 6.24. The van der Waals surface area contributed by atoms with E-state index in [0.29, 0.717) is 37.4 Å². The minimum atomic E-state index is -0.280. The molecule has 2 N–H and O–H groups in total. The monoisotopic (exact) mass is 454 g/mol. The molecule has 2 aliphatic rings. The number of para-hydroxylation sites is 1. The van der Waals surface area contributed by atoms with Gasteiger partial charge in [-0.25, -0.2) is 0 Å². The summed E-state index contributed by atoms with van der Waals surface area (Å²) in [6, 6.07) is 14.8. The fourth-order valence-corrected chi connectivity index (χ4v) is 4.43. The van der Waals surface area contributed by atoms with Gasteiger partial charge in [-0.3, -0.25) is 9.59 Å². The van der Waals surface area contributed by atoms with Crippen LogP contribution in [0.2, 0.25) is 5.02 Å². The van der Waals surface area contributed by atoms with E-state index < -0.39 is 0 Å². The Kier molecular flexibility index (Phi) is 7.00. The van der Waals surface area contributed by atoms with E-state index >= 15 is 0 Å². The predicted molar refractivity (Wildman–Crippen MR) is 123 cm³/mol. The summed E-state index contributed by atoms with van der Waals surface area (Å²) in [5.41, 5.74) is 1.68. The fraction of sp³-hybridized carbons (Fsp3) is 0.360. The van der Waals surface area contributed by atoms with Crippen LogP contribution in [0.15, 0.2) is 54.3 Å². The van der Waals surface area contributed by atoms with Gasteiger partial charge in [0.05, 0.1) is 12.6 Å². The summed E-state index contributed by atoms with van der Waals surface area (Å²) < 4.78 is 11.6. The molecule has 0 aromatic heterocycles. The average molecular weight is 455 g/mol. The molecule has 168 valence electrons. The minimum absolute atomic E-state index is 0.0126. The maximum atomic E-state index is 12.8. The third-order valence-electron chi connectivity index (χ3n) is 5.89. The highest BCUT2D eigenvalue weighted by Gasteiger charge is 2.40. The standard InChI is InChI=1S/C25H27ClN2O4/c1-2-31-21-10-6-4-8-18(21)15-27-24(29)17-11-12-22-20(13-17)28-25(30)23(32-22)14-16-7-3-5-9-19(16)26/h3-10,14,17,20,22H,2,11-13,15H2,1H3,(H,27,29)(H,28,30)/b23-14+. The summed E-state index contributed by atoms with van der Waals surface area (Å²) >= 11 is 6.20. The molecule has 6 nitrogen and oxygen atoms in total.